The van der Waals surface area contributed by atoms with Gasteiger partial charge in [-0.1, -0.05) is 0 Å². The predicted octanol–water partition coefficient (Wildman–Crippen LogP) is 3.02. The Bertz CT molecular complexity index is 602. The molecule has 1 aliphatic rings. The molecule has 1 saturated carbocycles. The van der Waals surface area contributed by atoms with Crippen molar-refractivity contribution < 1.29 is 9.47 Å². The van der Waals surface area contributed by atoms with Crippen molar-refractivity contribution in [1.29, 1.82) is 0 Å². The van der Waals surface area contributed by atoms with Crippen LogP contribution in [0.15, 0.2) is 36.7 Å². The van der Waals surface area contributed by atoms with Crippen molar-refractivity contribution in [3.05, 3.63) is 42.2 Å². The molecule has 3 rings (SSSR count). The number of hydrogen-bond donors (Lipinski definition) is 1. The summed E-state index contributed by atoms with van der Waals surface area (Å²) in [6, 6.07) is 8.73. The highest BCUT2D eigenvalue weighted by molar-refractivity contribution is 5.67. The molecule has 0 aliphatic heterocycles. The molecule has 21 heavy (non-hydrogen) atoms. The van der Waals surface area contributed by atoms with Crippen LogP contribution in [0.2, 0.25) is 0 Å². The van der Waals surface area contributed by atoms with Crippen LogP contribution in [-0.4, -0.2) is 25.2 Å². The van der Waals surface area contributed by atoms with Crippen LogP contribution in [0.5, 0.6) is 11.5 Å². The molecule has 110 valence electrons. The number of nitrogens with zero attached hydrogens (tertiary/aromatic N) is 1. The molecular weight excluding hydrogens is 264 g/mol. The van der Waals surface area contributed by atoms with Gasteiger partial charge in [0.15, 0.2) is 0 Å². The van der Waals surface area contributed by atoms with E-state index in [0.29, 0.717) is 6.04 Å². The summed E-state index contributed by atoms with van der Waals surface area (Å²) in [5, 5.41) is 3.51. The molecule has 1 heterocycles. The smallest absolute Gasteiger partial charge is 0.123 e. The summed E-state index contributed by atoms with van der Waals surface area (Å²) in [7, 11) is 3.32. The standard InChI is InChI=1S/C17H20N2O2/c1-20-16-6-13(7-17(8-16)21-2)14-5-12(9-18-11-14)10-19-15-3-4-15/h5-9,11,15,19H,3-4,10H2,1-2H3. The topological polar surface area (TPSA) is 43.4 Å². The Hall–Kier alpha value is -2.07. The Labute approximate surface area is 125 Å². The van der Waals surface area contributed by atoms with Crippen molar-refractivity contribution in [2.45, 2.75) is 25.4 Å². The number of nitrogens with one attached hydrogen (secondary N) is 1. The van der Waals surface area contributed by atoms with Gasteiger partial charge < -0.3 is 14.8 Å². The molecule has 0 saturated heterocycles. The number of methoxy groups -OCH3 is 2. The molecule has 1 aromatic heterocycles. The highest BCUT2D eigenvalue weighted by Gasteiger charge is 2.20. The summed E-state index contributed by atoms with van der Waals surface area (Å²) < 4.78 is 10.6. The van der Waals surface area contributed by atoms with Crippen molar-refractivity contribution in [3.8, 4) is 22.6 Å². The highest BCUT2D eigenvalue weighted by Crippen LogP contribution is 2.29. The quantitative estimate of drug-likeness (QED) is 0.885. The Morgan fingerprint density at radius 2 is 1.71 bits per heavy atom. The van der Waals surface area contributed by atoms with Crippen molar-refractivity contribution >= 4 is 0 Å². The van der Waals surface area contributed by atoms with Gasteiger partial charge in [0.25, 0.3) is 0 Å². The fourth-order valence-corrected chi connectivity index (χ4v) is 2.27. The third-order valence-electron chi connectivity index (χ3n) is 3.65. The average molecular weight is 284 g/mol. The third-order valence-corrected chi connectivity index (χ3v) is 3.65. The molecule has 0 radical (unpaired) electrons. The van der Waals surface area contributed by atoms with Gasteiger partial charge in [-0.2, -0.15) is 0 Å². The van der Waals surface area contributed by atoms with Crippen LogP contribution in [0.4, 0.5) is 0 Å². The van der Waals surface area contributed by atoms with Crippen LogP contribution in [0.1, 0.15) is 18.4 Å². The predicted molar refractivity (Wildman–Crippen MR) is 82.6 cm³/mol. The molecule has 0 unspecified atom stereocenters. The van der Waals surface area contributed by atoms with Gasteiger partial charge in [0.1, 0.15) is 11.5 Å². The van der Waals surface area contributed by atoms with E-state index in [1.807, 2.05) is 30.6 Å². The van der Waals surface area contributed by atoms with Crippen molar-refractivity contribution in [2.24, 2.45) is 0 Å². The van der Waals surface area contributed by atoms with Crippen LogP contribution in [0, 0.1) is 0 Å². The lowest BCUT2D eigenvalue weighted by molar-refractivity contribution is 0.394. The van der Waals surface area contributed by atoms with Gasteiger partial charge in [0.05, 0.1) is 14.2 Å². The molecule has 4 heteroatoms. The number of aromatic nitrogens is 1. The Kier molecular flexibility index (Phi) is 4.06. The monoisotopic (exact) mass is 284 g/mol. The van der Waals surface area contributed by atoms with E-state index in [4.69, 9.17) is 9.47 Å². The van der Waals surface area contributed by atoms with Gasteiger partial charge in [-0.3, -0.25) is 4.98 Å². The average Bonchev–Trinajstić information content (AvgIpc) is 3.37. The van der Waals surface area contributed by atoms with E-state index in [-0.39, 0.29) is 0 Å². The number of pyridine rings is 1. The summed E-state index contributed by atoms with van der Waals surface area (Å²) >= 11 is 0. The molecule has 1 aromatic carbocycles. The van der Waals surface area contributed by atoms with Crippen molar-refractivity contribution in [3.63, 3.8) is 0 Å². The van der Waals surface area contributed by atoms with Crippen molar-refractivity contribution in [2.75, 3.05) is 14.2 Å². The van der Waals surface area contributed by atoms with E-state index in [1.54, 1.807) is 14.2 Å². The Morgan fingerprint density at radius 3 is 2.33 bits per heavy atom. The fourth-order valence-electron chi connectivity index (χ4n) is 2.27. The number of hydrogen-bond acceptors (Lipinski definition) is 4. The summed E-state index contributed by atoms with van der Waals surface area (Å²) in [5.41, 5.74) is 3.32. The lowest BCUT2D eigenvalue weighted by atomic mass is 10.1. The maximum Gasteiger partial charge on any atom is 0.123 e. The Balaban J connectivity index is 1.86. The van der Waals surface area contributed by atoms with Crippen LogP contribution in [0.3, 0.4) is 0 Å². The molecule has 4 nitrogen and oxygen atoms in total. The zero-order chi connectivity index (χ0) is 14.7. The second-order valence-corrected chi connectivity index (χ2v) is 5.34. The molecule has 0 bridgehead atoms. The molecule has 1 N–H and O–H groups in total. The molecule has 0 atom stereocenters. The third kappa shape index (κ3) is 3.52. The Morgan fingerprint density at radius 1 is 1.00 bits per heavy atom. The minimum absolute atomic E-state index is 0.700. The van der Waals surface area contributed by atoms with E-state index in [0.717, 1.165) is 29.2 Å². The summed E-state index contributed by atoms with van der Waals surface area (Å²) in [5.74, 6) is 1.57. The minimum atomic E-state index is 0.700. The van der Waals surface area contributed by atoms with Gasteiger partial charge in [0.2, 0.25) is 0 Å². The first-order valence-electron chi connectivity index (χ1n) is 7.19. The zero-order valence-corrected chi connectivity index (χ0v) is 12.4. The van der Waals surface area contributed by atoms with Gasteiger partial charge in [-0.05, 0) is 42.2 Å². The second kappa shape index (κ2) is 6.14. The largest absolute Gasteiger partial charge is 0.497 e. The fraction of sp³-hybridized carbons (Fsp3) is 0.353. The zero-order valence-electron chi connectivity index (χ0n) is 12.4. The van der Waals surface area contributed by atoms with Gasteiger partial charge >= 0.3 is 0 Å². The normalized spacial score (nSPS) is 14.0. The van der Waals surface area contributed by atoms with E-state index in [2.05, 4.69) is 16.4 Å². The van der Waals surface area contributed by atoms with E-state index in [1.165, 1.54) is 18.4 Å². The van der Waals surface area contributed by atoms with Gasteiger partial charge in [-0.15, -0.1) is 0 Å². The lowest BCUT2D eigenvalue weighted by Crippen LogP contribution is -2.15. The van der Waals surface area contributed by atoms with Crippen LogP contribution in [0.25, 0.3) is 11.1 Å². The van der Waals surface area contributed by atoms with Gasteiger partial charge in [-0.25, -0.2) is 0 Å². The van der Waals surface area contributed by atoms with E-state index in [9.17, 15) is 0 Å². The first-order chi connectivity index (χ1) is 10.3. The molecule has 0 spiro atoms. The van der Waals surface area contributed by atoms with E-state index < -0.39 is 0 Å². The molecule has 1 fully saturated rings. The summed E-state index contributed by atoms with van der Waals surface area (Å²) in [4.78, 5) is 4.35. The number of rotatable bonds is 6. The molecule has 2 aromatic rings. The number of benzene rings is 1. The first kappa shape index (κ1) is 13.9. The lowest BCUT2D eigenvalue weighted by Gasteiger charge is -2.10. The molecule has 0 amide bonds. The second-order valence-electron chi connectivity index (χ2n) is 5.34. The minimum Gasteiger partial charge on any atom is -0.497 e. The molecular formula is C17H20N2O2. The van der Waals surface area contributed by atoms with E-state index >= 15 is 0 Å². The summed E-state index contributed by atoms with van der Waals surface area (Å²) in [6.07, 6.45) is 6.37. The molecule has 1 aliphatic carbocycles. The summed E-state index contributed by atoms with van der Waals surface area (Å²) in [6.45, 7) is 0.868. The van der Waals surface area contributed by atoms with Crippen LogP contribution < -0.4 is 14.8 Å². The first-order valence-corrected chi connectivity index (χ1v) is 7.19. The van der Waals surface area contributed by atoms with Gasteiger partial charge in [0, 0.05) is 36.6 Å². The van der Waals surface area contributed by atoms with Crippen molar-refractivity contribution in [1.82, 2.24) is 10.3 Å². The van der Waals surface area contributed by atoms with Crippen LogP contribution in [-0.2, 0) is 6.54 Å². The number of ether oxygens (including phenoxy) is 2. The van der Waals surface area contributed by atoms with Crippen LogP contribution >= 0.6 is 0 Å². The maximum atomic E-state index is 5.32. The maximum absolute atomic E-state index is 5.32. The highest BCUT2D eigenvalue weighted by atomic mass is 16.5. The SMILES string of the molecule is COc1cc(OC)cc(-c2cncc(CNC3CC3)c2)c1.